The summed E-state index contributed by atoms with van der Waals surface area (Å²) in [4.78, 5) is 11.7. The van der Waals surface area contributed by atoms with E-state index in [0.29, 0.717) is 13.2 Å². The summed E-state index contributed by atoms with van der Waals surface area (Å²) in [5.41, 5.74) is 2.19. The molecule has 1 amide bonds. The second-order valence-electron chi connectivity index (χ2n) is 4.62. The zero-order valence-corrected chi connectivity index (χ0v) is 12.2. The lowest BCUT2D eigenvalue weighted by atomic mass is 10.0. The van der Waals surface area contributed by atoms with Crippen LogP contribution in [0.3, 0.4) is 0 Å². The van der Waals surface area contributed by atoms with Gasteiger partial charge in [0.15, 0.2) is 0 Å². The van der Waals surface area contributed by atoms with Gasteiger partial charge in [-0.25, -0.2) is 0 Å². The van der Waals surface area contributed by atoms with E-state index in [1.54, 1.807) is 0 Å². The number of nitrogens with one attached hydrogen (secondary N) is 2. The van der Waals surface area contributed by atoms with Crippen molar-refractivity contribution in [2.75, 3.05) is 19.7 Å². The minimum atomic E-state index is 0. The van der Waals surface area contributed by atoms with Crippen LogP contribution in [0.2, 0.25) is 0 Å². The van der Waals surface area contributed by atoms with Crippen LogP contribution < -0.4 is 15.4 Å². The lowest BCUT2D eigenvalue weighted by Crippen LogP contribution is -2.50. The van der Waals surface area contributed by atoms with E-state index >= 15 is 0 Å². The molecule has 0 radical (unpaired) electrons. The average Bonchev–Trinajstić information content (AvgIpc) is 2.26. The van der Waals surface area contributed by atoms with Crippen molar-refractivity contribution in [3.05, 3.63) is 29.3 Å². The highest BCUT2D eigenvalue weighted by atomic mass is 35.5. The fraction of sp³-hybridized carbons (Fsp3) is 0.500. The van der Waals surface area contributed by atoms with Gasteiger partial charge in [0.25, 0.3) is 0 Å². The fourth-order valence-corrected chi connectivity index (χ4v) is 1.90. The Balaban J connectivity index is 0.00000180. The third-order valence-corrected chi connectivity index (χ3v) is 3.13. The minimum absolute atomic E-state index is 0. The van der Waals surface area contributed by atoms with Gasteiger partial charge in [-0.1, -0.05) is 12.1 Å². The summed E-state index contributed by atoms with van der Waals surface area (Å²) in [6.07, 6.45) is 0. The van der Waals surface area contributed by atoms with E-state index < -0.39 is 0 Å². The van der Waals surface area contributed by atoms with Gasteiger partial charge in [-0.2, -0.15) is 0 Å². The zero-order chi connectivity index (χ0) is 13.0. The second-order valence-corrected chi connectivity index (χ2v) is 4.62. The van der Waals surface area contributed by atoms with Crippen LogP contribution in [-0.4, -0.2) is 25.6 Å². The number of rotatable bonds is 5. The molecule has 106 valence electrons. The van der Waals surface area contributed by atoms with Crippen LogP contribution >= 0.6 is 12.4 Å². The van der Waals surface area contributed by atoms with Crippen molar-refractivity contribution in [2.24, 2.45) is 5.92 Å². The first-order valence-electron chi connectivity index (χ1n) is 6.41. The van der Waals surface area contributed by atoms with Crippen LogP contribution in [0.4, 0.5) is 0 Å². The molecule has 0 aliphatic carbocycles. The lowest BCUT2D eigenvalue weighted by molar-refractivity contribution is -0.126. The van der Waals surface area contributed by atoms with Gasteiger partial charge in [0.05, 0.1) is 12.5 Å². The molecule has 5 heteroatoms. The zero-order valence-electron chi connectivity index (χ0n) is 11.4. The van der Waals surface area contributed by atoms with E-state index in [1.807, 2.05) is 32.0 Å². The predicted molar refractivity (Wildman–Crippen MR) is 77.8 cm³/mol. The highest BCUT2D eigenvalue weighted by Crippen LogP contribution is 2.20. The molecular weight excluding hydrogens is 264 g/mol. The molecule has 0 atom stereocenters. The molecule has 2 N–H and O–H groups in total. The summed E-state index contributed by atoms with van der Waals surface area (Å²) in [7, 11) is 0. The van der Waals surface area contributed by atoms with E-state index in [2.05, 4.69) is 10.6 Å². The first-order valence-corrected chi connectivity index (χ1v) is 6.41. The predicted octanol–water partition coefficient (Wildman–Crippen LogP) is 1.65. The first-order chi connectivity index (χ1) is 8.70. The normalized spacial score (nSPS) is 14.2. The maximum absolute atomic E-state index is 11.7. The summed E-state index contributed by atoms with van der Waals surface area (Å²) < 4.78 is 5.59. The molecule has 2 rings (SSSR count). The number of hydrogen-bond acceptors (Lipinski definition) is 3. The van der Waals surface area contributed by atoms with Crippen molar-refractivity contribution in [2.45, 2.75) is 20.4 Å². The molecule has 1 aliphatic heterocycles. The number of carbonyl (C=O) groups is 1. The summed E-state index contributed by atoms with van der Waals surface area (Å²) in [5.74, 6) is 1.12. The van der Waals surface area contributed by atoms with Gasteiger partial charge < -0.3 is 15.4 Å². The summed E-state index contributed by atoms with van der Waals surface area (Å²) in [6.45, 7) is 6.74. The lowest BCUT2D eigenvalue weighted by Gasteiger charge is -2.26. The monoisotopic (exact) mass is 284 g/mol. The third-order valence-electron chi connectivity index (χ3n) is 3.13. The maximum Gasteiger partial charge on any atom is 0.225 e. The van der Waals surface area contributed by atoms with Crippen LogP contribution in [0.25, 0.3) is 0 Å². The Morgan fingerprint density at radius 1 is 1.47 bits per heavy atom. The number of halogens is 1. The molecule has 19 heavy (non-hydrogen) atoms. The highest BCUT2D eigenvalue weighted by Gasteiger charge is 2.24. The van der Waals surface area contributed by atoms with E-state index in [9.17, 15) is 4.79 Å². The molecule has 0 saturated carbocycles. The van der Waals surface area contributed by atoms with E-state index in [-0.39, 0.29) is 24.2 Å². The minimum Gasteiger partial charge on any atom is -0.494 e. The molecule has 4 nitrogen and oxygen atoms in total. The maximum atomic E-state index is 11.7. The van der Waals surface area contributed by atoms with Gasteiger partial charge in [0, 0.05) is 25.2 Å². The summed E-state index contributed by atoms with van der Waals surface area (Å²) in [6, 6.07) is 6.06. The van der Waals surface area contributed by atoms with Crippen molar-refractivity contribution in [3.63, 3.8) is 0 Å². The summed E-state index contributed by atoms with van der Waals surface area (Å²) >= 11 is 0. The van der Waals surface area contributed by atoms with Gasteiger partial charge in [-0.3, -0.25) is 4.79 Å². The topological polar surface area (TPSA) is 50.4 Å². The van der Waals surface area contributed by atoms with Crippen molar-refractivity contribution in [3.8, 4) is 5.75 Å². The number of ether oxygens (including phenoxy) is 1. The third kappa shape index (κ3) is 4.11. The molecule has 1 saturated heterocycles. The Morgan fingerprint density at radius 2 is 2.21 bits per heavy atom. The summed E-state index contributed by atoms with van der Waals surface area (Å²) in [5, 5.41) is 6.05. The number of hydrogen-bond donors (Lipinski definition) is 2. The van der Waals surface area contributed by atoms with Crippen molar-refractivity contribution in [1.82, 2.24) is 10.6 Å². The van der Waals surface area contributed by atoms with Crippen molar-refractivity contribution < 1.29 is 9.53 Å². The highest BCUT2D eigenvalue weighted by molar-refractivity contribution is 5.85. The Labute approximate surface area is 120 Å². The van der Waals surface area contributed by atoms with Crippen LogP contribution in [0.1, 0.15) is 18.1 Å². The molecule has 0 aromatic heterocycles. The number of amides is 1. The molecular formula is C14H21ClN2O2. The van der Waals surface area contributed by atoms with Gasteiger partial charge in [0.2, 0.25) is 5.91 Å². The standard InChI is InChI=1S/C14H20N2O2.ClH/c1-3-18-13-6-10(2)4-5-11(13)9-16-14(17)12-7-15-8-12;/h4-6,12,15H,3,7-9H2,1-2H3,(H,16,17);1H. The fourth-order valence-electron chi connectivity index (χ4n) is 1.90. The quantitative estimate of drug-likeness (QED) is 0.864. The van der Waals surface area contributed by atoms with E-state index in [0.717, 1.165) is 30.0 Å². The largest absolute Gasteiger partial charge is 0.494 e. The van der Waals surface area contributed by atoms with Gasteiger partial charge in [0.1, 0.15) is 5.75 Å². The number of benzene rings is 1. The molecule has 1 heterocycles. The Morgan fingerprint density at radius 3 is 2.79 bits per heavy atom. The molecule has 1 fully saturated rings. The van der Waals surface area contributed by atoms with Crippen molar-refractivity contribution >= 4 is 18.3 Å². The molecule has 1 aromatic rings. The van der Waals surface area contributed by atoms with Gasteiger partial charge in [-0.05, 0) is 25.5 Å². The van der Waals surface area contributed by atoms with E-state index in [1.165, 1.54) is 0 Å². The Hall–Kier alpha value is -1.26. The van der Waals surface area contributed by atoms with Gasteiger partial charge >= 0.3 is 0 Å². The molecule has 1 aliphatic rings. The molecule has 0 spiro atoms. The van der Waals surface area contributed by atoms with Crippen LogP contribution in [0.15, 0.2) is 18.2 Å². The van der Waals surface area contributed by atoms with Crippen molar-refractivity contribution in [1.29, 1.82) is 0 Å². The van der Waals surface area contributed by atoms with Gasteiger partial charge in [-0.15, -0.1) is 12.4 Å². The van der Waals surface area contributed by atoms with E-state index in [4.69, 9.17) is 4.74 Å². The first kappa shape index (κ1) is 15.8. The molecule has 0 bridgehead atoms. The van der Waals surface area contributed by atoms with Crippen LogP contribution in [-0.2, 0) is 11.3 Å². The Kier molecular flexibility index (Phi) is 6.12. The van der Waals surface area contributed by atoms with Crippen LogP contribution in [0.5, 0.6) is 5.75 Å². The molecule has 1 aromatic carbocycles. The SMILES string of the molecule is CCOc1cc(C)ccc1CNC(=O)C1CNC1.Cl. The Bertz CT molecular complexity index is 433. The average molecular weight is 285 g/mol. The van der Waals surface area contributed by atoms with Crippen LogP contribution in [0, 0.1) is 12.8 Å². The second kappa shape index (κ2) is 7.36. The smallest absolute Gasteiger partial charge is 0.225 e. The number of carbonyl (C=O) groups excluding carboxylic acids is 1. The molecule has 0 unspecified atom stereocenters. The number of aryl methyl sites for hydroxylation is 1.